The Kier molecular flexibility index (Phi) is 13.4. The summed E-state index contributed by atoms with van der Waals surface area (Å²) in [6, 6.07) is 0. The van der Waals surface area contributed by atoms with Crippen LogP contribution in [0.5, 0.6) is 0 Å². The molecule has 0 N–H and O–H groups in total. The Hall–Kier alpha value is -0.220. The average Bonchev–Trinajstić information content (AvgIpc) is 2.44. The first-order valence-corrected chi connectivity index (χ1v) is 6.59. The van der Waals surface area contributed by atoms with Crippen molar-refractivity contribution < 1.29 is 9.59 Å². The van der Waals surface area contributed by atoms with Gasteiger partial charge in [0.05, 0.1) is 0 Å². The van der Waals surface area contributed by atoms with Crippen LogP contribution in [-0.2, 0) is 9.59 Å². The van der Waals surface area contributed by atoms with Gasteiger partial charge in [0, 0.05) is 22.3 Å². The number of hydrogen-bond donors (Lipinski definition) is 0. The summed E-state index contributed by atoms with van der Waals surface area (Å²) < 4.78 is 0. The van der Waals surface area contributed by atoms with E-state index in [0.717, 1.165) is 0 Å². The molecule has 0 aromatic heterocycles. The standard InChI is InChI=1S/C18H20O2.2Na.2H/c1-5-9-13-14(10-6-2)18(20)16(12-8-4)15(11-7-3)17(13)19;;;;/h5-8H,1-4,9-12H2;;;;. The van der Waals surface area contributed by atoms with Gasteiger partial charge >= 0.3 is 59.1 Å². The molecule has 1 aliphatic rings. The van der Waals surface area contributed by atoms with Gasteiger partial charge in [-0.1, -0.05) is 24.3 Å². The van der Waals surface area contributed by atoms with Gasteiger partial charge in [-0.3, -0.25) is 9.59 Å². The monoisotopic (exact) mass is 316 g/mol. The van der Waals surface area contributed by atoms with E-state index in [1.54, 1.807) is 24.3 Å². The summed E-state index contributed by atoms with van der Waals surface area (Å²) in [7, 11) is 0. The van der Waals surface area contributed by atoms with E-state index in [-0.39, 0.29) is 70.7 Å². The van der Waals surface area contributed by atoms with E-state index in [4.69, 9.17) is 0 Å². The Morgan fingerprint density at radius 1 is 0.545 bits per heavy atom. The van der Waals surface area contributed by atoms with Crippen LogP contribution in [0.4, 0.5) is 0 Å². The van der Waals surface area contributed by atoms with Gasteiger partial charge in [0.2, 0.25) is 0 Å². The zero-order valence-electron chi connectivity index (χ0n) is 11.8. The van der Waals surface area contributed by atoms with E-state index < -0.39 is 0 Å². The molecule has 108 valence electrons. The Labute approximate surface area is 177 Å². The summed E-state index contributed by atoms with van der Waals surface area (Å²) in [4.78, 5) is 25.2. The topological polar surface area (TPSA) is 34.1 Å². The molecule has 0 bridgehead atoms. The molecule has 0 aromatic carbocycles. The second-order valence-electron chi connectivity index (χ2n) is 4.54. The van der Waals surface area contributed by atoms with Crippen molar-refractivity contribution >= 4 is 70.7 Å². The number of ketones is 2. The molecule has 0 fully saturated rings. The number of carbonyl (C=O) groups excluding carboxylic acids is 2. The molecule has 0 saturated carbocycles. The minimum atomic E-state index is -0.0712. The zero-order valence-corrected chi connectivity index (χ0v) is 11.8. The number of rotatable bonds is 8. The second-order valence-corrected chi connectivity index (χ2v) is 4.54. The number of allylic oxidation sites excluding steroid dienone is 8. The molecule has 1 rings (SSSR count). The molecule has 0 aromatic rings. The van der Waals surface area contributed by atoms with Gasteiger partial charge in [-0.15, -0.1) is 26.3 Å². The van der Waals surface area contributed by atoms with Crippen molar-refractivity contribution in [1.82, 2.24) is 0 Å². The molecule has 0 unspecified atom stereocenters. The predicted octanol–water partition coefficient (Wildman–Crippen LogP) is 2.74. The molecule has 2 nitrogen and oxygen atoms in total. The van der Waals surface area contributed by atoms with Gasteiger partial charge in [-0.25, -0.2) is 0 Å². The van der Waals surface area contributed by atoms with E-state index in [0.29, 0.717) is 48.0 Å². The van der Waals surface area contributed by atoms with Crippen molar-refractivity contribution in [2.45, 2.75) is 25.7 Å². The molecule has 1 aliphatic carbocycles. The van der Waals surface area contributed by atoms with Crippen LogP contribution >= 0.6 is 0 Å². The van der Waals surface area contributed by atoms with Gasteiger partial charge in [0.25, 0.3) is 0 Å². The second kappa shape index (κ2) is 12.2. The summed E-state index contributed by atoms with van der Waals surface area (Å²) in [6.45, 7) is 14.6. The van der Waals surface area contributed by atoms with Gasteiger partial charge in [-0.05, 0) is 25.7 Å². The fraction of sp³-hybridized carbons (Fsp3) is 0.222. The first kappa shape index (κ1) is 24.0. The summed E-state index contributed by atoms with van der Waals surface area (Å²) in [5, 5.41) is 0. The van der Waals surface area contributed by atoms with E-state index in [2.05, 4.69) is 26.3 Å². The van der Waals surface area contributed by atoms with Crippen molar-refractivity contribution in [1.29, 1.82) is 0 Å². The van der Waals surface area contributed by atoms with Crippen LogP contribution in [0.25, 0.3) is 0 Å². The van der Waals surface area contributed by atoms with Crippen LogP contribution in [0.15, 0.2) is 72.9 Å². The minimum absolute atomic E-state index is 0. The maximum absolute atomic E-state index is 12.6. The fourth-order valence-corrected chi connectivity index (χ4v) is 2.35. The first-order valence-electron chi connectivity index (χ1n) is 6.59. The molecule has 0 aliphatic heterocycles. The van der Waals surface area contributed by atoms with E-state index in [1.807, 2.05) is 0 Å². The van der Waals surface area contributed by atoms with Crippen molar-refractivity contribution in [2.24, 2.45) is 0 Å². The molecule has 0 radical (unpaired) electrons. The Morgan fingerprint density at radius 2 is 0.727 bits per heavy atom. The molecular formula is C18H22Na2O2. The summed E-state index contributed by atoms with van der Waals surface area (Å²) >= 11 is 0. The predicted molar refractivity (Wildman–Crippen MR) is 97.6 cm³/mol. The Morgan fingerprint density at radius 3 is 0.864 bits per heavy atom. The Balaban J connectivity index is 0. The third-order valence-corrected chi connectivity index (χ3v) is 3.22. The van der Waals surface area contributed by atoms with Crippen LogP contribution in [0.1, 0.15) is 25.7 Å². The van der Waals surface area contributed by atoms with Gasteiger partial charge in [0.1, 0.15) is 0 Å². The molecule has 0 heterocycles. The number of Topliss-reactive ketones (excluding diaryl/α,β-unsaturated/α-hetero) is 2. The van der Waals surface area contributed by atoms with E-state index in [1.165, 1.54) is 0 Å². The van der Waals surface area contributed by atoms with Crippen LogP contribution in [0, 0.1) is 0 Å². The Bertz CT molecular complexity index is 457. The van der Waals surface area contributed by atoms with Crippen LogP contribution in [0.3, 0.4) is 0 Å². The number of hydrogen-bond acceptors (Lipinski definition) is 2. The maximum atomic E-state index is 12.6. The fourth-order valence-electron chi connectivity index (χ4n) is 2.35. The molecular weight excluding hydrogens is 294 g/mol. The van der Waals surface area contributed by atoms with Gasteiger partial charge in [0.15, 0.2) is 11.6 Å². The zero-order chi connectivity index (χ0) is 15.1. The van der Waals surface area contributed by atoms with E-state index in [9.17, 15) is 9.59 Å². The average molecular weight is 316 g/mol. The SMILES string of the molecule is C=CCC1=C(CC=C)C(=O)C(CC=C)=C(CC=C)C1=O.[NaH].[NaH]. The van der Waals surface area contributed by atoms with Crippen LogP contribution in [-0.4, -0.2) is 70.7 Å². The molecule has 22 heavy (non-hydrogen) atoms. The normalized spacial score (nSPS) is 14.0. The van der Waals surface area contributed by atoms with Crippen LogP contribution in [0.2, 0.25) is 0 Å². The molecule has 4 heteroatoms. The number of carbonyl (C=O) groups is 2. The summed E-state index contributed by atoms with van der Waals surface area (Å²) in [5.74, 6) is -0.142. The third kappa shape index (κ3) is 5.45. The quantitative estimate of drug-likeness (QED) is 0.392. The van der Waals surface area contributed by atoms with Crippen molar-refractivity contribution in [2.75, 3.05) is 0 Å². The first-order chi connectivity index (χ1) is 9.62. The third-order valence-electron chi connectivity index (χ3n) is 3.22. The molecule has 0 spiro atoms. The van der Waals surface area contributed by atoms with Crippen molar-refractivity contribution in [3.05, 3.63) is 72.9 Å². The molecule has 0 amide bonds. The molecule has 0 atom stereocenters. The van der Waals surface area contributed by atoms with Crippen molar-refractivity contribution in [3.63, 3.8) is 0 Å². The van der Waals surface area contributed by atoms with Gasteiger partial charge in [-0.2, -0.15) is 0 Å². The van der Waals surface area contributed by atoms with Crippen molar-refractivity contribution in [3.8, 4) is 0 Å². The molecule has 0 saturated heterocycles. The summed E-state index contributed by atoms with van der Waals surface area (Å²) in [5.41, 5.74) is 2.15. The van der Waals surface area contributed by atoms with Crippen LogP contribution < -0.4 is 0 Å². The van der Waals surface area contributed by atoms with E-state index >= 15 is 0 Å². The summed E-state index contributed by atoms with van der Waals surface area (Å²) in [6.07, 6.45) is 8.18. The van der Waals surface area contributed by atoms with Gasteiger partial charge < -0.3 is 0 Å².